The van der Waals surface area contributed by atoms with Gasteiger partial charge < -0.3 is 9.84 Å². The van der Waals surface area contributed by atoms with Crippen molar-refractivity contribution in [2.75, 3.05) is 7.11 Å². The molecule has 0 aliphatic rings. The zero-order valence-electron chi connectivity index (χ0n) is 11.4. The highest BCUT2D eigenvalue weighted by Gasteiger charge is 2.10. The molecule has 0 bridgehead atoms. The van der Waals surface area contributed by atoms with E-state index >= 15 is 0 Å². The average Bonchev–Trinajstić information content (AvgIpc) is 2.30. The van der Waals surface area contributed by atoms with Gasteiger partial charge >= 0.3 is 0 Å². The summed E-state index contributed by atoms with van der Waals surface area (Å²) in [6.07, 6.45) is 2.39. The lowest BCUT2D eigenvalue weighted by Crippen LogP contribution is -2.15. The van der Waals surface area contributed by atoms with Crippen LogP contribution in [-0.2, 0) is 11.2 Å². The summed E-state index contributed by atoms with van der Waals surface area (Å²) < 4.78 is 5.18. The second-order valence-electron chi connectivity index (χ2n) is 4.91. The maximum atomic E-state index is 10.0. The third-order valence-corrected chi connectivity index (χ3v) is 3.27. The standard InChI is InChI=1S/C15H24O2/c1-11-5-6-12(2)14(9-11)10-15(16)8-7-13(3)17-4/h5-6,9,13,15-16H,7-8,10H2,1-4H3. The first kappa shape index (κ1) is 14.2. The Balaban J connectivity index is 2.50. The lowest BCUT2D eigenvalue weighted by molar-refractivity contribution is 0.0851. The Kier molecular flexibility index (Phi) is 5.66. The molecule has 1 rings (SSSR count). The van der Waals surface area contributed by atoms with Crippen LogP contribution in [-0.4, -0.2) is 24.4 Å². The second kappa shape index (κ2) is 6.77. The number of hydrogen-bond donors (Lipinski definition) is 1. The molecule has 0 fully saturated rings. The van der Waals surface area contributed by atoms with Crippen LogP contribution in [0.5, 0.6) is 0 Å². The highest BCUT2D eigenvalue weighted by Crippen LogP contribution is 2.15. The van der Waals surface area contributed by atoms with Crippen LogP contribution >= 0.6 is 0 Å². The van der Waals surface area contributed by atoms with E-state index in [1.165, 1.54) is 16.7 Å². The molecule has 0 saturated heterocycles. The minimum Gasteiger partial charge on any atom is -0.393 e. The molecule has 96 valence electrons. The van der Waals surface area contributed by atoms with Crippen molar-refractivity contribution in [1.29, 1.82) is 0 Å². The van der Waals surface area contributed by atoms with Gasteiger partial charge in [0.25, 0.3) is 0 Å². The molecule has 0 aliphatic carbocycles. The minimum atomic E-state index is -0.270. The van der Waals surface area contributed by atoms with Crippen molar-refractivity contribution >= 4 is 0 Å². The molecule has 1 aromatic rings. The van der Waals surface area contributed by atoms with Crippen molar-refractivity contribution in [3.63, 3.8) is 0 Å². The molecule has 1 aromatic carbocycles. The molecule has 2 unspecified atom stereocenters. The van der Waals surface area contributed by atoms with Gasteiger partial charge in [0, 0.05) is 7.11 Å². The van der Waals surface area contributed by atoms with E-state index in [0.717, 1.165) is 19.3 Å². The first-order valence-electron chi connectivity index (χ1n) is 6.30. The molecule has 0 heterocycles. The molecular weight excluding hydrogens is 212 g/mol. The molecule has 2 nitrogen and oxygen atoms in total. The van der Waals surface area contributed by atoms with Crippen molar-refractivity contribution in [2.45, 2.75) is 52.2 Å². The van der Waals surface area contributed by atoms with Crippen molar-refractivity contribution in [1.82, 2.24) is 0 Å². The molecule has 17 heavy (non-hydrogen) atoms. The van der Waals surface area contributed by atoms with Gasteiger partial charge in [0.2, 0.25) is 0 Å². The van der Waals surface area contributed by atoms with Crippen molar-refractivity contribution in [3.8, 4) is 0 Å². The minimum absolute atomic E-state index is 0.225. The fourth-order valence-corrected chi connectivity index (χ4v) is 1.92. The van der Waals surface area contributed by atoms with Crippen LogP contribution in [0, 0.1) is 13.8 Å². The van der Waals surface area contributed by atoms with Gasteiger partial charge in [-0.2, -0.15) is 0 Å². The summed E-state index contributed by atoms with van der Waals surface area (Å²) in [6.45, 7) is 6.21. The third kappa shape index (κ3) is 4.88. The van der Waals surface area contributed by atoms with E-state index in [2.05, 4.69) is 32.0 Å². The summed E-state index contributed by atoms with van der Waals surface area (Å²) in [5.74, 6) is 0. The molecule has 0 aliphatic heterocycles. The van der Waals surface area contributed by atoms with Gasteiger partial charge in [-0.3, -0.25) is 0 Å². The first-order chi connectivity index (χ1) is 8.02. The molecule has 0 saturated carbocycles. The molecule has 0 amide bonds. The fourth-order valence-electron chi connectivity index (χ4n) is 1.92. The van der Waals surface area contributed by atoms with Crippen LogP contribution in [0.1, 0.15) is 36.5 Å². The van der Waals surface area contributed by atoms with Gasteiger partial charge in [-0.15, -0.1) is 0 Å². The Hall–Kier alpha value is -0.860. The van der Waals surface area contributed by atoms with Crippen LogP contribution in [0.25, 0.3) is 0 Å². The quantitative estimate of drug-likeness (QED) is 0.822. The smallest absolute Gasteiger partial charge is 0.0581 e. The zero-order valence-corrected chi connectivity index (χ0v) is 11.4. The van der Waals surface area contributed by atoms with Gasteiger partial charge in [0.15, 0.2) is 0 Å². The van der Waals surface area contributed by atoms with E-state index in [9.17, 15) is 5.11 Å². The first-order valence-corrected chi connectivity index (χ1v) is 6.30. The summed E-state index contributed by atoms with van der Waals surface area (Å²) in [5.41, 5.74) is 3.76. The highest BCUT2D eigenvalue weighted by atomic mass is 16.5. The summed E-state index contributed by atoms with van der Waals surface area (Å²) in [7, 11) is 1.71. The molecule has 2 heteroatoms. The number of benzene rings is 1. The Labute approximate surface area is 105 Å². The maximum Gasteiger partial charge on any atom is 0.0581 e. The highest BCUT2D eigenvalue weighted by molar-refractivity contribution is 5.30. The molecule has 1 N–H and O–H groups in total. The van der Waals surface area contributed by atoms with Crippen LogP contribution in [0.4, 0.5) is 0 Å². The Morgan fingerprint density at radius 3 is 2.59 bits per heavy atom. The van der Waals surface area contributed by atoms with E-state index in [1.54, 1.807) is 7.11 Å². The molecule has 0 aromatic heterocycles. The number of rotatable bonds is 6. The molecule has 0 radical (unpaired) electrons. The summed E-state index contributed by atoms with van der Waals surface area (Å²) >= 11 is 0. The fraction of sp³-hybridized carbons (Fsp3) is 0.600. The van der Waals surface area contributed by atoms with E-state index in [0.29, 0.717) is 0 Å². The van der Waals surface area contributed by atoms with Gasteiger partial charge in [0.05, 0.1) is 12.2 Å². The van der Waals surface area contributed by atoms with Crippen LogP contribution in [0.2, 0.25) is 0 Å². The van der Waals surface area contributed by atoms with E-state index in [-0.39, 0.29) is 12.2 Å². The number of ether oxygens (including phenoxy) is 1. The molecular formula is C15H24O2. The number of aliphatic hydroxyl groups is 1. The SMILES string of the molecule is COC(C)CCC(O)Cc1cc(C)ccc1C. The molecule has 2 atom stereocenters. The normalized spacial score (nSPS) is 14.6. The van der Waals surface area contributed by atoms with Crippen molar-refractivity contribution in [3.05, 3.63) is 34.9 Å². The predicted molar refractivity (Wildman–Crippen MR) is 71.3 cm³/mol. The number of hydrogen-bond acceptors (Lipinski definition) is 2. The van der Waals surface area contributed by atoms with Gasteiger partial charge in [-0.1, -0.05) is 23.8 Å². The van der Waals surface area contributed by atoms with Crippen molar-refractivity contribution < 1.29 is 9.84 Å². The Bertz CT molecular complexity index is 347. The maximum absolute atomic E-state index is 10.0. The zero-order chi connectivity index (χ0) is 12.8. The van der Waals surface area contributed by atoms with Crippen LogP contribution < -0.4 is 0 Å². The largest absolute Gasteiger partial charge is 0.393 e. The number of methoxy groups -OCH3 is 1. The van der Waals surface area contributed by atoms with Gasteiger partial charge in [0.1, 0.15) is 0 Å². The van der Waals surface area contributed by atoms with E-state index in [4.69, 9.17) is 4.74 Å². The average molecular weight is 236 g/mol. The van der Waals surface area contributed by atoms with E-state index < -0.39 is 0 Å². The predicted octanol–water partition coefficient (Wildman–Crippen LogP) is 3.02. The second-order valence-corrected chi connectivity index (χ2v) is 4.91. The van der Waals surface area contributed by atoms with Crippen molar-refractivity contribution in [2.24, 2.45) is 0 Å². The lowest BCUT2D eigenvalue weighted by atomic mass is 9.97. The third-order valence-electron chi connectivity index (χ3n) is 3.27. The Morgan fingerprint density at radius 1 is 1.24 bits per heavy atom. The number of aryl methyl sites for hydroxylation is 2. The summed E-state index contributed by atoms with van der Waals surface area (Å²) in [6, 6.07) is 6.39. The Morgan fingerprint density at radius 2 is 1.94 bits per heavy atom. The van der Waals surface area contributed by atoms with Gasteiger partial charge in [-0.25, -0.2) is 0 Å². The topological polar surface area (TPSA) is 29.5 Å². The summed E-state index contributed by atoms with van der Waals surface area (Å²) in [4.78, 5) is 0. The van der Waals surface area contributed by atoms with Crippen LogP contribution in [0.3, 0.4) is 0 Å². The lowest BCUT2D eigenvalue weighted by Gasteiger charge is -2.15. The monoisotopic (exact) mass is 236 g/mol. The number of aliphatic hydroxyl groups excluding tert-OH is 1. The molecule has 0 spiro atoms. The van der Waals surface area contributed by atoms with Gasteiger partial charge in [-0.05, 0) is 51.2 Å². The van der Waals surface area contributed by atoms with Crippen LogP contribution in [0.15, 0.2) is 18.2 Å². The summed E-state index contributed by atoms with van der Waals surface area (Å²) in [5, 5.41) is 10.0. The van der Waals surface area contributed by atoms with E-state index in [1.807, 2.05) is 6.92 Å².